The zero-order valence-corrected chi connectivity index (χ0v) is 51.5. The van der Waals surface area contributed by atoms with E-state index in [0.717, 1.165) is 43.2 Å². The fourth-order valence-corrected chi connectivity index (χ4v) is 20.3. The van der Waals surface area contributed by atoms with Crippen LogP contribution in [0.25, 0.3) is 23.1 Å². The Morgan fingerprint density at radius 3 is 2.48 bits per heavy atom. The van der Waals surface area contributed by atoms with E-state index in [1.807, 2.05) is 6.07 Å². The number of aryl methyl sites for hydroxylation is 2. The van der Waals surface area contributed by atoms with Crippen molar-refractivity contribution in [3.05, 3.63) is 227 Å². The fourth-order valence-electron chi connectivity index (χ4n) is 20.3. The highest BCUT2D eigenvalue weighted by Gasteiger charge is 2.69. The normalized spacial score (nSPS) is 32.4. The lowest BCUT2D eigenvalue weighted by Crippen LogP contribution is -2.64. The number of ether oxygens (including phenoxy) is 4. The summed E-state index contributed by atoms with van der Waals surface area (Å²) in [5, 5.41) is 33.0. The molecule has 2 fully saturated rings. The van der Waals surface area contributed by atoms with Crippen molar-refractivity contribution in [1.82, 2.24) is 0 Å². The van der Waals surface area contributed by atoms with Crippen LogP contribution in [0.2, 0.25) is 0 Å². The molecule has 1 aromatic heterocycles. The Hall–Kier alpha value is -7.41. The molecule has 3 aliphatic heterocycles. The molecule has 5 aromatic carbocycles. The van der Waals surface area contributed by atoms with Crippen molar-refractivity contribution in [3.63, 3.8) is 0 Å². The van der Waals surface area contributed by atoms with Gasteiger partial charge < -0.3 is 38.7 Å². The van der Waals surface area contributed by atoms with Gasteiger partial charge in [-0.15, -0.1) is 0 Å². The summed E-state index contributed by atoms with van der Waals surface area (Å²) in [5.41, 5.74) is 11.8. The first kappa shape index (κ1) is 57.7. The number of carbonyl (C=O) groups excluding carboxylic acids is 2. The molecular weight excluding hydrogens is 1120 g/mol. The van der Waals surface area contributed by atoms with Crippen LogP contribution in [0.3, 0.4) is 0 Å². The van der Waals surface area contributed by atoms with Gasteiger partial charge in [-0.25, -0.2) is 9.59 Å². The van der Waals surface area contributed by atoms with Crippen LogP contribution in [0.4, 0.5) is 0 Å². The van der Waals surface area contributed by atoms with Gasteiger partial charge in [0.15, 0.2) is 17.8 Å². The van der Waals surface area contributed by atoms with Gasteiger partial charge in [-0.3, -0.25) is 4.79 Å². The minimum absolute atomic E-state index is 0.00745. The maximum absolute atomic E-state index is 16.2. The first-order valence-electron chi connectivity index (χ1n) is 33.4. The molecule has 0 radical (unpaired) electrons. The van der Waals surface area contributed by atoms with Gasteiger partial charge in [0.2, 0.25) is 0 Å². The Morgan fingerprint density at radius 2 is 1.62 bits per heavy atom. The van der Waals surface area contributed by atoms with Crippen LogP contribution in [-0.4, -0.2) is 65.9 Å². The van der Waals surface area contributed by atoms with Crippen molar-refractivity contribution < 1.29 is 48.3 Å². The molecule has 2 saturated carbocycles. The number of carbonyl (C=O) groups is 2. The molecule has 6 aromatic rings. The number of aliphatic hydroxyl groups excluding tert-OH is 3. The summed E-state index contributed by atoms with van der Waals surface area (Å²) < 4.78 is 34.5. The SMILES string of the molecule is COC[C@@H](CCO)c1c(CO)c2ccc3c(c2oc1=O)[C@H]1OC(=O)C[C@@H]2C[C@@H](c4cccc5c4CC[C@@H]4CCC[C@H]6C=Cc7ccccc7[C@@]546)C=C[C@H]2c2ccc4c(c2)CC[C@]25C=CC[C@@](O3)([C@H]1OC(=O)/C(=C(/C)CO)CC4)[C@H]2C[C@@H]1c2ccccc2C=C[C@@H]15. The van der Waals surface area contributed by atoms with Gasteiger partial charge in [-0.2, -0.15) is 0 Å². The Morgan fingerprint density at radius 1 is 0.789 bits per heavy atom. The minimum Gasteiger partial charge on any atom is -0.482 e. The van der Waals surface area contributed by atoms with Crippen LogP contribution in [0.5, 0.6) is 5.75 Å². The van der Waals surface area contributed by atoms with E-state index >= 15 is 9.59 Å². The molecule has 0 saturated heterocycles. The number of aliphatic hydroxyl groups is 3. The maximum atomic E-state index is 16.2. The predicted molar refractivity (Wildman–Crippen MR) is 345 cm³/mol. The maximum Gasteiger partial charge on any atom is 0.340 e. The lowest BCUT2D eigenvalue weighted by atomic mass is 9.48. The largest absolute Gasteiger partial charge is 0.482 e. The van der Waals surface area contributed by atoms with Gasteiger partial charge in [0.05, 0.1) is 25.4 Å². The molecule has 2 spiro atoms. The van der Waals surface area contributed by atoms with E-state index in [1.54, 1.807) is 13.0 Å². The molecule has 90 heavy (non-hydrogen) atoms. The van der Waals surface area contributed by atoms with E-state index in [-0.39, 0.29) is 96.7 Å². The zero-order chi connectivity index (χ0) is 61.2. The standard InChI is InChI=1S/C79H80O11/c1-45(42-81)56-26-21-46-18-19-50-38-49(46)32-36-77-34-9-35-78(68(77)41-62-58-14-5-3-10-47(58)23-30-65(62)77)74(89-75(56)84)73(71-67(90-78)31-29-61-63(43-82)70(76(85)88-72(61)71)52(33-37-80)44-86-2)87-69(83)40-53-39-51(22-27-57(50)53)59-15-8-17-66-60(59)28-25-55-13-7-12-54-24-20-48-11-4-6-16-64(48)79(54,55)66/h3-6,8-11,14-20,22-24,27,29-31,34,38,51-55,57,62,65,68,73-74,80-82H,7,12-13,21,25-26,28,32-33,35-37,39-44H2,1-2H3/b56-45-/t51-,52+,53-,54-,55-,57-,62+,65-,68-,73+,74-,77-,78-,79-/m0/s1. The number of benzene rings is 5. The van der Waals surface area contributed by atoms with E-state index in [0.29, 0.717) is 65.4 Å². The summed E-state index contributed by atoms with van der Waals surface area (Å²) in [4.78, 5) is 46.8. The van der Waals surface area contributed by atoms with E-state index in [2.05, 4.69) is 134 Å². The minimum atomic E-state index is -1.38. The van der Waals surface area contributed by atoms with Crippen molar-refractivity contribution in [3.8, 4) is 5.75 Å². The third kappa shape index (κ3) is 8.67. The molecule has 10 aliphatic rings. The number of fused-ring (bicyclic) bond motifs is 13. The summed E-state index contributed by atoms with van der Waals surface area (Å²) in [6, 6.07) is 35.3. The van der Waals surface area contributed by atoms with E-state index < -0.39 is 53.3 Å². The van der Waals surface area contributed by atoms with Gasteiger partial charge in [0.1, 0.15) is 11.3 Å². The van der Waals surface area contributed by atoms with Crippen molar-refractivity contribution in [2.45, 2.75) is 150 Å². The molecule has 0 amide bonds. The Bertz CT molecular complexity index is 4140. The molecule has 16 rings (SSSR count). The van der Waals surface area contributed by atoms with Gasteiger partial charge in [0.25, 0.3) is 0 Å². The second kappa shape index (κ2) is 22.5. The second-order valence-electron chi connectivity index (χ2n) is 28.0. The molecule has 11 nitrogen and oxygen atoms in total. The highest BCUT2D eigenvalue weighted by molar-refractivity contribution is 5.91. The first-order chi connectivity index (χ1) is 44.0. The quantitative estimate of drug-likeness (QED) is 0.0576. The molecular formula is C79H80O11. The summed E-state index contributed by atoms with van der Waals surface area (Å²) in [6.45, 7) is 0.703. The van der Waals surface area contributed by atoms with E-state index in [4.69, 9.17) is 23.4 Å². The van der Waals surface area contributed by atoms with Crippen LogP contribution in [0.15, 0.2) is 154 Å². The highest BCUT2D eigenvalue weighted by Crippen LogP contribution is 2.69. The average molecular weight is 1210 g/mol. The smallest absolute Gasteiger partial charge is 0.340 e. The zero-order valence-electron chi connectivity index (χ0n) is 51.5. The summed E-state index contributed by atoms with van der Waals surface area (Å²) in [6.07, 6.45) is 26.2. The topological polar surface area (TPSA) is 162 Å². The molecule has 4 heterocycles. The number of rotatable bonds is 8. The molecule has 462 valence electrons. The second-order valence-corrected chi connectivity index (χ2v) is 28.0. The first-order valence-corrected chi connectivity index (χ1v) is 33.4. The van der Waals surface area contributed by atoms with Gasteiger partial charge in [-0.05, 0) is 186 Å². The molecule has 3 N–H and O–H groups in total. The molecule has 6 bridgehead atoms. The van der Waals surface area contributed by atoms with Crippen LogP contribution in [0, 0.1) is 35.0 Å². The molecule has 0 unspecified atom stereocenters. The Balaban J connectivity index is 0.904. The average Bonchev–Trinajstić information content (AvgIpc) is 1.33. The summed E-state index contributed by atoms with van der Waals surface area (Å²) in [5.74, 6) is -1.05. The van der Waals surface area contributed by atoms with Crippen LogP contribution in [-0.2, 0) is 55.1 Å². The highest BCUT2D eigenvalue weighted by atomic mass is 16.6. The lowest BCUT2D eigenvalue weighted by Gasteiger charge is -2.56. The van der Waals surface area contributed by atoms with Gasteiger partial charge in [-0.1, -0.05) is 140 Å². The van der Waals surface area contributed by atoms with Crippen molar-refractivity contribution in [2.75, 3.05) is 26.9 Å². The van der Waals surface area contributed by atoms with Gasteiger partial charge >= 0.3 is 17.6 Å². The molecule has 14 atom stereocenters. The van der Waals surface area contributed by atoms with Gasteiger partial charge in [0, 0.05) is 77.6 Å². The molecule has 7 aliphatic carbocycles. The Kier molecular flexibility index (Phi) is 14.4. The third-order valence-electron chi connectivity index (χ3n) is 24.1. The fraction of sp³-hybridized carbons (Fsp3) is 0.430. The summed E-state index contributed by atoms with van der Waals surface area (Å²) in [7, 11) is 1.53. The molecule has 11 heteroatoms. The lowest BCUT2D eigenvalue weighted by molar-refractivity contribution is -0.210. The monoisotopic (exact) mass is 1200 g/mol. The number of allylic oxidation sites excluding steroid dienone is 5. The van der Waals surface area contributed by atoms with E-state index in [9.17, 15) is 20.1 Å². The number of esters is 2. The number of hydrogen-bond acceptors (Lipinski definition) is 11. The van der Waals surface area contributed by atoms with Crippen LogP contribution in [0.1, 0.15) is 180 Å². The Labute approximate surface area is 526 Å². The third-order valence-corrected chi connectivity index (χ3v) is 24.1. The van der Waals surface area contributed by atoms with Crippen LogP contribution >= 0.6 is 0 Å². The van der Waals surface area contributed by atoms with Crippen LogP contribution < -0.4 is 10.4 Å². The number of hydrogen-bond donors (Lipinski definition) is 3. The van der Waals surface area contributed by atoms with E-state index in [1.165, 1.54) is 64.5 Å². The van der Waals surface area contributed by atoms with Crippen molar-refractivity contribution >= 4 is 35.1 Å². The predicted octanol–water partition coefficient (Wildman–Crippen LogP) is 13.8. The number of methoxy groups -OCH3 is 1. The van der Waals surface area contributed by atoms with Crippen molar-refractivity contribution in [1.29, 1.82) is 0 Å². The van der Waals surface area contributed by atoms with Crippen molar-refractivity contribution in [2.24, 2.45) is 35.0 Å². The summed E-state index contributed by atoms with van der Waals surface area (Å²) >= 11 is 0.